The Hall–Kier alpha value is -2.77. The summed E-state index contributed by atoms with van der Waals surface area (Å²) in [5, 5.41) is 2.51. The maximum absolute atomic E-state index is 12.1. The van der Waals surface area contributed by atoms with Crippen molar-refractivity contribution in [1.29, 1.82) is 0 Å². The van der Waals surface area contributed by atoms with Gasteiger partial charge < -0.3 is 19.5 Å². The average molecular weight is 320 g/mol. The third kappa shape index (κ3) is 3.05. The number of ether oxygens (including phenoxy) is 3. The minimum atomic E-state index is -1.08. The third-order valence-corrected chi connectivity index (χ3v) is 3.54. The van der Waals surface area contributed by atoms with Crippen molar-refractivity contribution in [3.05, 3.63) is 24.3 Å². The van der Waals surface area contributed by atoms with Crippen LogP contribution in [0.25, 0.3) is 0 Å². The molecule has 1 fully saturated rings. The third-order valence-electron chi connectivity index (χ3n) is 3.54. The van der Waals surface area contributed by atoms with E-state index in [1.54, 1.807) is 24.3 Å². The van der Waals surface area contributed by atoms with E-state index in [-0.39, 0.29) is 13.2 Å². The van der Waals surface area contributed by atoms with Gasteiger partial charge in [0.2, 0.25) is 6.10 Å². The van der Waals surface area contributed by atoms with E-state index >= 15 is 0 Å². The Kier molecular flexibility index (Phi) is 4.05. The van der Waals surface area contributed by atoms with Crippen LogP contribution in [0.1, 0.15) is 6.92 Å². The standard InChI is InChI=1S/C15H16N2O6/c1-9(13(18)17-7-6-16-15(17)20)22-14(19)12-8-21-10-4-2-3-5-11(10)23-12/h2-5,9,12H,6-8H2,1H3,(H,16,20)/t9-,12-/m0/s1. The topological polar surface area (TPSA) is 94.2 Å². The smallest absolute Gasteiger partial charge is 0.351 e. The number of imide groups is 1. The van der Waals surface area contributed by atoms with Gasteiger partial charge in [0.1, 0.15) is 6.61 Å². The number of hydrogen-bond acceptors (Lipinski definition) is 6. The lowest BCUT2D eigenvalue weighted by molar-refractivity contribution is -0.165. The van der Waals surface area contributed by atoms with E-state index in [0.29, 0.717) is 18.0 Å². The zero-order valence-corrected chi connectivity index (χ0v) is 12.5. The van der Waals surface area contributed by atoms with Crippen LogP contribution in [0.15, 0.2) is 24.3 Å². The Morgan fingerprint density at radius 3 is 2.78 bits per heavy atom. The highest BCUT2D eigenvalue weighted by atomic mass is 16.6. The largest absolute Gasteiger partial charge is 0.485 e. The number of nitrogens with one attached hydrogen (secondary N) is 1. The molecule has 0 unspecified atom stereocenters. The molecule has 2 aliphatic rings. The molecule has 0 spiro atoms. The van der Waals surface area contributed by atoms with Gasteiger partial charge in [-0.15, -0.1) is 0 Å². The molecule has 23 heavy (non-hydrogen) atoms. The predicted molar refractivity (Wildman–Crippen MR) is 77.0 cm³/mol. The van der Waals surface area contributed by atoms with Crippen LogP contribution in [-0.4, -0.2) is 54.7 Å². The van der Waals surface area contributed by atoms with E-state index in [2.05, 4.69) is 5.32 Å². The van der Waals surface area contributed by atoms with Gasteiger partial charge in [-0.2, -0.15) is 0 Å². The number of carbonyl (C=O) groups excluding carboxylic acids is 3. The zero-order chi connectivity index (χ0) is 16.4. The molecular weight excluding hydrogens is 304 g/mol. The van der Waals surface area contributed by atoms with E-state index in [1.165, 1.54) is 6.92 Å². The fourth-order valence-electron chi connectivity index (χ4n) is 2.34. The maximum atomic E-state index is 12.1. The number of para-hydroxylation sites is 2. The summed E-state index contributed by atoms with van der Waals surface area (Å²) >= 11 is 0. The Bertz CT molecular complexity index is 647. The maximum Gasteiger partial charge on any atom is 0.351 e. The number of fused-ring (bicyclic) bond motifs is 1. The fourth-order valence-corrected chi connectivity index (χ4v) is 2.34. The molecule has 2 atom stereocenters. The molecule has 2 aliphatic heterocycles. The summed E-state index contributed by atoms with van der Waals surface area (Å²) in [6, 6.07) is 6.48. The van der Waals surface area contributed by atoms with Gasteiger partial charge in [-0.25, -0.2) is 9.59 Å². The number of carbonyl (C=O) groups is 3. The minimum Gasteiger partial charge on any atom is -0.485 e. The number of urea groups is 1. The lowest BCUT2D eigenvalue weighted by Crippen LogP contribution is -2.45. The molecule has 1 saturated heterocycles. The van der Waals surface area contributed by atoms with Crippen molar-refractivity contribution in [2.24, 2.45) is 0 Å². The lowest BCUT2D eigenvalue weighted by Gasteiger charge is -2.26. The van der Waals surface area contributed by atoms with Gasteiger partial charge in [0.25, 0.3) is 5.91 Å². The molecule has 8 heteroatoms. The van der Waals surface area contributed by atoms with Crippen molar-refractivity contribution in [1.82, 2.24) is 10.2 Å². The Morgan fingerprint density at radius 1 is 1.35 bits per heavy atom. The van der Waals surface area contributed by atoms with Gasteiger partial charge in [-0.3, -0.25) is 9.69 Å². The van der Waals surface area contributed by atoms with Crippen LogP contribution in [0.2, 0.25) is 0 Å². The molecule has 1 aromatic carbocycles. The quantitative estimate of drug-likeness (QED) is 0.806. The van der Waals surface area contributed by atoms with Crippen LogP contribution in [0.3, 0.4) is 0 Å². The van der Waals surface area contributed by atoms with E-state index in [0.717, 1.165) is 4.90 Å². The molecule has 0 aromatic heterocycles. The first kappa shape index (κ1) is 15.1. The predicted octanol–water partition coefficient (Wildman–Crippen LogP) is 0.310. The molecule has 1 aromatic rings. The molecule has 0 bridgehead atoms. The summed E-state index contributed by atoms with van der Waals surface area (Å²) in [6.45, 7) is 2.07. The number of hydrogen-bond donors (Lipinski definition) is 1. The van der Waals surface area contributed by atoms with Crippen LogP contribution >= 0.6 is 0 Å². The van der Waals surface area contributed by atoms with Crippen molar-refractivity contribution in [2.75, 3.05) is 19.7 Å². The highest BCUT2D eigenvalue weighted by molar-refractivity contribution is 5.98. The summed E-state index contributed by atoms with van der Waals surface area (Å²) in [4.78, 5) is 36.7. The lowest BCUT2D eigenvalue weighted by atomic mass is 10.2. The molecule has 2 heterocycles. The number of rotatable bonds is 3. The highest BCUT2D eigenvalue weighted by Crippen LogP contribution is 2.31. The molecule has 1 N–H and O–H groups in total. The van der Waals surface area contributed by atoms with Gasteiger partial charge in [0, 0.05) is 13.1 Å². The van der Waals surface area contributed by atoms with Crippen LogP contribution in [0.5, 0.6) is 11.5 Å². The molecule has 0 aliphatic carbocycles. The van der Waals surface area contributed by atoms with Gasteiger partial charge in [-0.05, 0) is 19.1 Å². The molecular formula is C15H16N2O6. The molecule has 3 rings (SSSR count). The van der Waals surface area contributed by atoms with Crippen molar-refractivity contribution in [3.63, 3.8) is 0 Å². The number of nitrogens with zero attached hydrogens (tertiary/aromatic N) is 1. The van der Waals surface area contributed by atoms with Crippen molar-refractivity contribution in [2.45, 2.75) is 19.1 Å². The van der Waals surface area contributed by atoms with E-state index < -0.39 is 30.1 Å². The van der Waals surface area contributed by atoms with E-state index in [9.17, 15) is 14.4 Å². The first-order chi connectivity index (χ1) is 11.1. The second-order valence-electron chi connectivity index (χ2n) is 5.17. The van der Waals surface area contributed by atoms with Crippen LogP contribution < -0.4 is 14.8 Å². The first-order valence-electron chi connectivity index (χ1n) is 7.24. The number of esters is 1. The van der Waals surface area contributed by atoms with Gasteiger partial charge in [0.15, 0.2) is 17.6 Å². The Balaban J connectivity index is 1.59. The second kappa shape index (κ2) is 6.15. The second-order valence-corrected chi connectivity index (χ2v) is 5.17. The molecule has 0 saturated carbocycles. The highest BCUT2D eigenvalue weighted by Gasteiger charge is 2.35. The average Bonchev–Trinajstić information content (AvgIpc) is 2.99. The van der Waals surface area contributed by atoms with E-state index in [4.69, 9.17) is 14.2 Å². The fraction of sp³-hybridized carbons (Fsp3) is 0.400. The normalized spacial score (nSPS) is 20.7. The number of benzene rings is 1. The van der Waals surface area contributed by atoms with Gasteiger partial charge in [0.05, 0.1) is 0 Å². The summed E-state index contributed by atoms with van der Waals surface area (Å²) in [6.07, 6.45) is -2.03. The Morgan fingerprint density at radius 2 is 2.09 bits per heavy atom. The van der Waals surface area contributed by atoms with Crippen molar-refractivity contribution < 1.29 is 28.6 Å². The van der Waals surface area contributed by atoms with Gasteiger partial charge in [-0.1, -0.05) is 12.1 Å². The SMILES string of the molecule is C[C@H](OC(=O)[C@@H]1COc2ccccc2O1)C(=O)N1CCNC1=O. The molecule has 0 radical (unpaired) electrons. The molecule has 8 nitrogen and oxygen atoms in total. The number of amides is 3. The summed E-state index contributed by atoms with van der Waals surface area (Å²) in [5.41, 5.74) is 0. The van der Waals surface area contributed by atoms with Crippen LogP contribution in [0, 0.1) is 0 Å². The Labute approximate surface area is 132 Å². The van der Waals surface area contributed by atoms with Crippen molar-refractivity contribution in [3.8, 4) is 11.5 Å². The van der Waals surface area contributed by atoms with Crippen molar-refractivity contribution >= 4 is 17.9 Å². The van der Waals surface area contributed by atoms with Crippen LogP contribution in [-0.2, 0) is 14.3 Å². The molecule has 3 amide bonds. The monoisotopic (exact) mass is 320 g/mol. The van der Waals surface area contributed by atoms with Gasteiger partial charge >= 0.3 is 12.0 Å². The minimum absolute atomic E-state index is 0.000950. The van der Waals surface area contributed by atoms with Crippen LogP contribution in [0.4, 0.5) is 4.79 Å². The summed E-state index contributed by atoms with van der Waals surface area (Å²) in [7, 11) is 0. The molecule has 122 valence electrons. The zero-order valence-electron chi connectivity index (χ0n) is 12.5. The van der Waals surface area contributed by atoms with E-state index in [1.807, 2.05) is 0 Å². The first-order valence-corrected chi connectivity index (χ1v) is 7.24. The summed E-state index contributed by atoms with van der Waals surface area (Å²) in [5.74, 6) is -0.279. The summed E-state index contributed by atoms with van der Waals surface area (Å²) < 4.78 is 16.1.